The summed E-state index contributed by atoms with van der Waals surface area (Å²) >= 11 is 0. The first-order valence-electron chi connectivity index (χ1n) is 12.3. The van der Waals surface area contributed by atoms with E-state index in [1.165, 1.54) is 10.4 Å². The summed E-state index contributed by atoms with van der Waals surface area (Å²) in [5.74, 6) is -0.845. The van der Waals surface area contributed by atoms with Crippen LogP contribution in [0.2, 0.25) is 5.04 Å². The third kappa shape index (κ3) is 5.18. The molecule has 35 heavy (non-hydrogen) atoms. The highest BCUT2D eigenvalue weighted by Crippen LogP contribution is 2.40. The highest BCUT2D eigenvalue weighted by molar-refractivity contribution is 6.99. The maximum Gasteiger partial charge on any atom is 0.261 e. The lowest BCUT2D eigenvalue weighted by Gasteiger charge is -2.45. The fraction of sp³-hybridized carbons (Fsp3) is 0.500. The molecular formula is C28H38O6Si. The first kappa shape index (κ1) is 26.2. The summed E-state index contributed by atoms with van der Waals surface area (Å²) in [5.41, 5.74) is 0. The maximum absolute atomic E-state index is 10.9. The molecule has 1 N–H and O–H groups in total. The summed E-state index contributed by atoms with van der Waals surface area (Å²) in [6, 6.07) is 20.9. The Morgan fingerprint density at radius 1 is 0.971 bits per heavy atom. The van der Waals surface area contributed by atoms with Crippen molar-refractivity contribution in [3.05, 3.63) is 73.3 Å². The molecule has 0 amide bonds. The number of rotatable bonds is 8. The first-order chi connectivity index (χ1) is 16.6. The van der Waals surface area contributed by atoms with Crippen LogP contribution >= 0.6 is 0 Å². The lowest BCUT2D eigenvalue weighted by Crippen LogP contribution is -2.68. The van der Waals surface area contributed by atoms with E-state index < -0.39 is 44.8 Å². The molecule has 0 aromatic heterocycles. The van der Waals surface area contributed by atoms with E-state index in [0.717, 1.165) is 0 Å². The van der Waals surface area contributed by atoms with E-state index in [4.69, 9.17) is 23.4 Å². The fourth-order valence-electron chi connectivity index (χ4n) is 5.26. The van der Waals surface area contributed by atoms with Crippen molar-refractivity contribution >= 4 is 18.7 Å². The zero-order chi connectivity index (χ0) is 25.3. The van der Waals surface area contributed by atoms with Gasteiger partial charge in [0.2, 0.25) is 0 Å². The Labute approximate surface area is 209 Å². The maximum atomic E-state index is 10.9. The lowest BCUT2D eigenvalue weighted by atomic mass is 9.99. The second kappa shape index (κ2) is 10.3. The molecule has 2 aliphatic heterocycles. The van der Waals surface area contributed by atoms with Gasteiger partial charge >= 0.3 is 0 Å². The van der Waals surface area contributed by atoms with Crippen LogP contribution in [0.1, 0.15) is 34.6 Å². The molecule has 7 heteroatoms. The lowest BCUT2D eigenvalue weighted by molar-refractivity contribution is -0.278. The molecule has 2 aliphatic rings. The van der Waals surface area contributed by atoms with Crippen LogP contribution in [-0.2, 0) is 23.4 Å². The molecule has 0 radical (unpaired) electrons. The van der Waals surface area contributed by atoms with E-state index in [9.17, 15) is 5.11 Å². The van der Waals surface area contributed by atoms with Crippen LogP contribution in [0.25, 0.3) is 0 Å². The Bertz CT molecular complexity index is 934. The largest absolute Gasteiger partial charge is 0.405 e. The van der Waals surface area contributed by atoms with Gasteiger partial charge in [0.15, 0.2) is 12.1 Å². The summed E-state index contributed by atoms with van der Waals surface area (Å²) in [6.45, 7) is 14.6. The summed E-state index contributed by atoms with van der Waals surface area (Å²) in [7, 11) is -2.77. The third-order valence-corrected chi connectivity index (χ3v) is 11.7. The standard InChI is InChI=1S/C28H38O6Si/c1-7-18-30-26-23(29)25-24(33-28(5,6)34-25)22(32-26)19-31-35(27(2,3)4,20-14-10-8-11-15-20)21-16-12-9-13-17-21/h7-17,22-26,29H,1,18-19H2,2-6H3/t22-,23-,24+,25-,26+/m0/s1. The van der Waals surface area contributed by atoms with Crippen LogP contribution in [0, 0.1) is 0 Å². The van der Waals surface area contributed by atoms with Gasteiger partial charge in [-0.2, -0.15) is 0 Å². The van der Waals surface area contributed by atoms with Crippen molar-refractivity contribution in [1.29, 1.82) is 0 Å². The van der Waals surface area contributed by atoms with E-state index in [-0.39, 0.29) is 18.3 Å². The van der Waals surface area contributed by atoms with Crippen molar-refractivity contribution in [2.24, 2.45) is 0 Å². The molecule has 0 spiro atoms. The van der Waals surface area contributed by atoms with Gasteiger partial charge in [-0.15, -0.1) is 6.58 Å². The van der Waals surface area contributed by atoms with Gasteiger partial charge in [0.25, 0.3) is 8.32 Å². The zero-order valence-corrected chi connectivity index (χ0v) is 22.3. The number of aliphatic hydroxyl groups is 1. The van der Waals surface area contributed by atoms with Gasteiger partial charge in [-0.3, -0.25) is 0 Å². The predicted octanol–water partition coefficient (Wildman–Crippen LogP) is 3.37. The van der Waals surface area contributed by atoms with Crippen LogP contribution in [0.4, 0.5) is 0 Å². The third-order valence-electron chi connectivity index (χ3n) is 6.71. The van der Waals surface area contributed by atoms with Crippen molar-refractivity contribution in [3.63, 3.8) is 0 Å². The van der Waals surface area contributed by atoms with Crippen molar-refractivity contribution in [3.8, 4) is 0 Å². The minimum absolute atomic E-state index is 0.172. The van der Waals surface area contributed by atoms with Crippen LogP contribution in [-0.4, -0.2) is 63.1 Å². The molecule has 6 nitrogen and oxygen atoms in total. The highest BCUT2D eigenvalue weighted by atomic mass is 28.4. The number of fused-ring (bicyclic) bond motifs is 1. The molecule has 2 heterocycles. The van der Waals surface area contributed by atoms with E-state index in [2.05, 4.69) is 75.9 Å². The molecule has 0 aliphatic carbocycles. The summed E-state index contributed by atoms with van der Waals surface area (Å²) < 4.78 is 31.4. The zero-order valence-electron chi connectivity index (χ0n) is 21.3. The highest BCUT2D eigenvalue weighted by Gasteiger charge is 2.57. The van der Waals surface area contributed by atoms with Gasteiger partial charge in [0, 0.05) is 0 Å². The Morgan fingerprint density at radius 2 is 1.51 bits per heavy atom. The van der Waals surface area contributed by atoms with E-state index in [0.29, 0.717) is 0 Å². The summed E-state index contributed by atoms with van der Waals surface area (Å²) in [5, 5.41) is 13.1. The minimum Gasteiger partial charge on any atom is -0.405 e. The van der Waals surface area contributed by atoms with Crippen LogP contribution in [0.15, 0.2) is 73.3 Å². The Balaban J connectivity index is 1.70. The molecule has 0 bridgehead atoms. The second-order valence-electron chi connectivity index (χ2n) is 10.7. The smallest absolute Gasteiger partial charge is 0.261 e. The number of hydrogen-bond donors (Lipinski definition) is 1. The van der Waals surface area contributed by atoms with Crippen molar-refractivity contribution in [2.45, 2.75) is 76.1 Å². The number of ether oxygens (including phenoxy) is 4. The molecule has 0 saturated carbocycles. The van der Waals surface area contributed by atoms with E-state index in [1.807, 2.05) is 26.0 Å². The molecule has 2 aromatic rings. The predicted molar refractivity (Wildman–Crippen MR) is 138 cm³/mol. The molecule has 2 fully saturated rings. The van der Waals surface area contributed by atoms with Crippen molar-refractivity contribution < 1.29 is 28.5 Å². The Morgan fingerprint density at radius 3 is 2.03 bits per heavy atom. The van der Waals surface area contributed by atoms with Crippen molar-refractivity contribution in [1.82, 2.24) is 0 Å². The topological polar surface area (TPSA) is 66.4 Å². The summed E-state index contributed by atoms with van der Waals surface area (Å²) in [4.78, 5) is 0. The van der Waals surface area contributed by atoms with E-state index >= 15 is 0 Å². The van der Waals surface area contributed by atoms with Crippen LogP contribution in [0.5, 0.6) is 0 Å². The quantitative estimate of drug-likeness (QED) is 0.445. The van der Waals surface area contributed by atoms with Crippen molar-refractivity contribution in [2.75, 3.05) is 13.2 Å². The van der Waals surface area contributed by atoms with E-state index in [1.54, 1.807) is 6.08 Å². The summed E-state index contributed by atoms with van der Waals surface area (Å²) in [6.07, 6.45) is -1.76. The van der Waals surface area contributed by atoms with Gasteiger partial charge in [-0.1, -0.05) is 87.5 Å². The van der Waals surface area contributed by atoms with Gasteiger partial charge in [-0.05, 0) is 29.3 Å². The molecule has 190 valence electrons. The first-order valence-corrected chi connectivity index (χ1v) is 14.2. The van der Waals surface area contributed by atoms with Crippen LogP contribution < -0.4 is 10.4 Å². The number of hydrogen-bond acceptors (Lipinski definition) is 6. The Hall–Kier alpha value is -1.84. The molecular weight excluding hydrogens is 460 g/mol. The average molecular weight is 499 g/mol. The Kier molecular flexibility index (Phi) is 7.69. The average Bonchev–Trinajstić information content (AvgIpc) is 3.16. The number of benzene rings is 2. The second-order valence-corrected chi connectivity index (χ2v) is 15.0. The number of aliphatic hydroxyl groups excluding tert-OH is 1. The monoisotopic (exact) mass is 498 g/mol. The molecule has 2 saturated heterocycles. The van der Waals surface area contributed by atoms with Gasteiger partial charge in [0.1, 0.15) is 24.4 Å². The minimum atomic E-state index is -2.77. The SMILES string of the molecule is C=CCO[C@@H]1O[C@@H](CO[Si](c2ccccc2)(c2ccccc2)C(C)(C)C)[C@H]2OC(C)(C)O[C@H]2[C@@H]1O. The van der Waals surface area contributed by atoms with Gasteiger partial charge < -0.3 is 28.5 Å². The van der Waals surface area contributed by atoms with Crippen LogP contribution in [0.3, 0.4) is 0 Å². The van der Waals surface area contributed by atoms with Gasteiger partial charge in [0.05, 0.1) is 13.2 Å². The molecule has 5 atom stereocenters. The van der Waals surface area contributed by atoms with Gasteiger partial charge in [-0.25, -0.2) is 0 Å². The molecule has 0 unspecified atom stereocenters. The molecule has 4 rings (SSSR count). The normalized spacial score (nSPS) is 28.5. The fourth-order valence-corrected chi connectivity index (χ4v) is 9.83. The molecule has 2 aromatic carbocycles.